The van der Waals surface area contributed by atoms with Crippen molar-refractivity contribution in [2.75, 3.05) is 20.2 Å². The Hall–Kier alpha value is -3.02. The number of rotatable bonds is 15. The molecule has 1 unspecified atom stereocenters. The molecule has 3 aliphatic heterocycles. The van der Waals surface area contributed by atoms with E-state index in [2.05, 4.69) is 29.1 Å². The van der Waals surface area contributed by atoms with Crippen LogP contribution in [0.1, 0.15) is 83.3 Å². The minimum Gasteiger partial charge on any atom is -0.455 e. The number of fused-ring (bicyclic) bond motifs is 1. The monoisotopic (exact) mass is 741 g/mol. The van der Waals surface area contributed by atoms with Crippen LogP contribution in [-0.4, -0.2) is 104 Å². The lowest BCUT2D eigenvalue weighted by molar-refractivity contribution is -0.165. The summed E-state index contributed by atoms with van der Waals surface area (Å²) in [6.45, 7) is 11.4. The van der Waals surface area contributed by atoms with Crippen molar-refractivity contribution in [3.8, 4) is 0 Å². The highest BCUT2D eigenvalue weighted by Gasteiger charge is 2.77. The van der Waals surface area contributed by atoms with Gasteiger partial charge in [0.15, 0.2) is 0 Å². The second kappa shape index (κ2) is 15.9. The number of esters is 1. The maximum atomic E-state index is 14.8. The number of benzene rings is 1. The van der Waals surface area contributed by atoms with Gasteiger partial charge >= 0.3 is 5.97 Å². The molecule has 3 heterocycles. The van der Waals surface area contributed by atoms with Gasteiger partial charge in [-0.2, -0.15) is 0 Å². The number of carbonyl (C=O) groups excluding carboxylic acids is 4. The van der Waals surface area contributed by atoms with Gasteiger partial charge in [-0.1, -0.05) is 84.6 Å². The number of allylic oxidation sites excluding steroid dienone is 1. The smallest absolute Gasteiger partial charge is 0.313 e. The number of amides is 3. The molecule has 3 saturated heterocycles. The van der Waals surface area contributed by atoms with E-state index in [1.807, 2.05) is 49.1 Å². The first-order chi connectivity index (χ1) is 23.6. The average Bonchev–Trinajstić information content (AvgIpc) is 3.72. The van der Waals surface area contributed by atoms with Gasteiger partial charge in [-0.15, -0.1) is 13.2 Å². The maximum Gasteiger partial charge on any atom is 0.313 e. The molecule has 1 N–H and O–H groups in total. The molecule has 49 heavy (non-hydrogen) atoms. The van der Waals surface area contributed by atoms with Crippen LogP contribution < -0.4 is 0 Å². The second-order valence-corrected chi connectivity index (χ2v) is 15.2. The molecule has 2 bridgehead atoms. The van der Waals surface area contributed by atoms with E-state index in [1.54, 1.807) is 24.1 Å². The molecule has 1 aromatic rings. The lowest BCUT2D eigenvalue weighted by atomic mass is 9.70. The minimum absolute atomic E-state index is 0.0132. The van der Waals surface area contributed by atoms with Crippen LogP contribution in [0.25, 0.3) is 0 Å². The first kappa shape index (κ1) is 37.2. The topological polar surface area (TPSA) is 117 Å². The van der Waals surface area contributed by atoms with Crippen molar-refractivity contribution in [2.24, 2.45) is 11.8 Å². The Morgan fingerprint density at radius 2 is 1.86 bits per heavy atom. The summed E-state index contributed by atoms with van der Waals surface area (Å²) in [5.74, 6) is -3.27. The standard InChI is InChI=1S/C38H52BrN3O7/c1-6-9-20-29(44)40(5)24(4)32(25-16-12-10-13-17-25)48-37(47)30-31-35(45)42(26(8-3)23-43)34(38(31)22-28(39)33(30)49-38)36(46)41(21-7-2)27-18-14-11-15-19-27/h6-7,10,12-13,16-17,24,26-28,30-34,43H,1-2,8-9,11,14-15,18-23H2,3-5H3/t24-,26+,28?,30-,31+,32+,33-,34-,38+/m1/s1. The zero-order valence-electron chi connectivity index (χ0n) is 29.0. The molecule has 1 aromatic carbocycles. The number of carbonyl (C=O) groups is 4. The van der Waals surface area contributed by atoms with Crippen molar-refractivity contribution in [3.63, 3.8) is 0 Å². The summed E-state index contributed by atoms with van der Waals surface area (Å²) >= 11 is 3.76. The number of hydrogen-bond donors (Lipinski definition) is 1. The van der Waals surface area contributed by atoms with Crippen LogP contribution in [0.15, 0.2) is 55.6 Å². The first-order valence-corrected chi connectivity index (χ1v) is 18.8. The van der Waals surface area contributed by atoms with Crippen molar-refractivity contribution in [1.29, 1.82) is 0 Å². The van der Waals surface area contributed by atoms with Crippen LogP contribution in [0.4, 0.5) is 0 Å². The number of hydrogen-bond acceptors (Lipinski definition) is 7. The molecular weight excluding hydrogens is 690 g/mol. The highest BCUT2D eigenvalue weighted by molar-refractivity contribution is 9.09. The minimum atomic E-state index is -1.28. The lowest BCUT2D eigenvalue weighted by Crippen LogP contribution is -2.60. The summed E-state index contributed by atoms with van der Waals surface area (Å²) in [6, 6.07) is 7.13. The molecular formula is C38H52BrN3O7. The van der Waals surface area contributed by atoms with Gasteiger partial charge in [0, 0.05) is 30.9 Å². The zero-order chi connectivity index (χ0) is 35.5. The van der Waals surface area contributed by atoms with E-state index in [9.17, 15) is 24.3 Å². The van der Waals surface area contributed by atoms with Gasteiger partial charge in [0.1, 0.15) is 17.7 Å². The van der Waals surface area contributed by atoms with E-state index >= 15 is 0 Å². The van der Waals surface area contributed by atoms with Crippen LogP contribution >= 0.6 is 15.9 Å². The molecule has 1 saturated carbocycles. The van der Waals surface area contributed by atoms with Crippen molar-refractivity contribution >= 4 is 39.6 Å². The number of likely N-dealkylation sites (tertiary alicyclic amines) is 1. The normalized spacial score (nSPS) is 29.5. The molecule has 4 aliphatic rings. The Morgan fingerprint density at radius 1 is 1.16 bits per heavy atom. The van der Waals surface area contributed by atoms with E-state index in [-0.39, 0.29) is 41.6 Å². The highest BCUT2D eigenvalue weighted by atomic mass is 79.9. The number of halogens is 1. The van der Waals surface area contributed by atoms with Gasteiger partial charge in [0.25, 0.3) is 0 Å². The van der Waals surface area contributed by atoms with Crippen molar-refractivity contribution in [1.82, 2.24) is 14.7 Å². The number of nitrogens with zero attached hydrogens (tertiary/aromatic N) is 3. The summed E-state index contributed by atoms with van der Waals surface area (Å²) in [5, 5.41) is 10.5. The average molecular weight is 743 g/mol. The number of aliphatic hydroxyl groups is 1. The van der Waals surface area contributed by atoms with Gasteiger partial charge in [-0.25, -0.2) is 0 Å². The van der Waals surface area contributed by atoms with E-state index in [0.29, 0.717) is 31.4 Å². The largest absolute Gasteiger partial charge is 0.455 e. The molecule has 10 nitrogen and oxygen atoms in total. The summed E-state index contributed by atoms with van der Waals surface area (Å²) in [6.07, 6.45) is 8.39. The number of alkyl halides is 1. The van der Waals surface area contributed by atoms with Crippen LogP contribution in [0.2, 0.25) is 0 Å². The Bertz CT molecular complexity index is 1380. The second-order valence-electron chi connectivity index (χ2n) is 14.1. The highest BCUT2D eigenvalue weighted by Crippen LogP contribution is 2.61. The molecule has 1 aliphatic carbocycles. The van der Waals surface area contributed by atoms with Gasteiger partial charge in [0.05, 0.1) is 36.6 Å². The predicted octanol–water partition coefficient (Wildman–Crippen LogP) is 4.95. The van der Waals surface area contributed by atoms with E-state index in [4.69, 9.17) is 9.47 Å². The van der Waals surface area contributed by atoms with Gasteiger partial charge < -0.3 is 29.3 Å². The maximum absolute atomic E-state index is 14.8. The third-order valence-electron chi connectivity index (χ3n) is 11.3. The molecule has 0 aromatic heterocycles. The number of aliphatic hydroxyl groups excluding tert-OH is 1. The summed E-state index contributed by atoms with van der Waals surface area (Å²) < 4.78 is 13.1. The SMILES string of the molecule is C=CCCC(=O)N(C)[C@H](C)[C@H](OC(=O)[C@H]1[C@@H]2O[C@@]3(CC2Br)[C@@H]1C(=O)N([C@@H](CC)CO)[C@@H]3C(=O)N(CC=C)C1CCCCC1)c1ccccc1. The predicted molar refractivity (Wildman–Crippen MR) is 189 cm³/mol. The number of likely N-dealkylation sites (N-methyl/N-ethyl adjacent to an activating group) is 1. The molecule has 268 valence electrons. The fourth-order valence-corrected chi connectivity index (χ4v) is 9.60. The molecule has 9 atom stereocenters. The Morgan fingerprint density at radius 3 is 2.47 bits per heavy atom. The fraction of sp³-hybridized carbons (Fsp3) is 0.632. The van der Waals surface area contributed by atoms with Gasteiger partial charge in [-0.05, 0) is 44.6 Å². The van der Waals surface area contributed by atoms with Crippen LogP contribution in [0.3, 0.4) is 0 Å². The van der Waals surface area contributed by atoms with Crippen molar-refractivity contribution in [3.05, 3.63) is 61.2 Å². The summed E-state index contributed by atoms with van der Waals surface area (Å²) in [5.41, 5.74) is -0.564. The van der Waals surface area contributed by atoms with Crippen LogP contribution in [0.5, 0.6) is 0 Å². The van der Waals surface area contributed by atoms with Crippen LogP contribution in [0, 0.1) is 11.8 Å². The van der Waals surface area contributed by atoms with Crippen molar-refractivity contribution in [2.45, 2.75) is 118 Å². The third-order valence-corrected chi connectivity index (χ3v) is 12.2. The Kier molecular flexibility index (Phi) is 12.1. The molecule has 1 spiro atoms. The quantitative estimate of drug-likeness (QED) is 0.154. The molecule has 0 radical (unpaired) electrons. The first-order valence-electron chi connectivity index (χ1n) is 17.8. The zero-order valence-corrected chi connectivity index (χ0v) is 30.6. The molecule has 11 heteroatoms. The Balaban J connectivity index is 1.51. The van der Waals surface area contributed by atoms with Gasteiger partial charge in [-0.3, -0.25) is 19.2 Å². The molecule has 3 amide bonds. The fourth-order valence-electron chi connectivity index (χ4n) is 8.65. The van der Waals surface area contributed by atoms with E-state index in [0.717, 1.165) is 32.1 Å². The summed E-state index contributed by atoms with van der Waals surface area (Å²) in [7, 11) is 1.69. The molecule has 4 fully saturated rings. The third kappa shape index (κ3) is 6.87. The van der Waals surface area contributed by atoms with E-state index < -0.39 is 53.7 Å². The lowest BCUT2D eigenvalue weighted by Gasteiger charge is -2.42. The number of ether oxygens (including phenoxy) is 2. The molecule has 5 rings (SSSR count). The summed E-state index contributed by atoms with van der Waals surface area (Å²) in [4.78, 5) is 61.7. The van der Waals surface area contributed by atoms with E-state index in [1.165, 1.54) is 4.90 Å². The van der Waals surface area contributed by atoms with Crippen molar-refractivity contribution < 1.29 is 33.8 Å². The van der Waals surface area contributed by atoms with Gasteiger partial charge in [0.2, 0.25) is 17.7 Å². The Labute approximate surface area is 299 Å². The van der Waals surface area contributed by atoms with Crippen LogP contribution in [-0.2, 0) is 28.7 Å².